The standard InChI is InChI=1S/C25H18F3N5O2S/c26-25(27,28)18-8-5-15(6-9-18)21-12-20(17-7-10-19-22(11-17)36-24(29)30-19)31-33(21)13-14-1-3-16(4-2-14)23(34)32-35/h1-12,35H,13H2,(H2,29,30)(H,32,34). The summed E-state index contributed by atoms with van der Waals surface area (Å²) in [5, 5.41) is 14.0. The van der Waals surface area contributed by atoms with Crippen LogP contribution < -0.4 is 11.2 Å². The monoisotopic (exact) mass is 509 g/mol. The maximum atomic E-state index is 13.1. The average molecular weight is 510 g/mol. The first-order valence-corrected chi connectivity index (χ1v) is 11.5. The third-order valence-corrected chi connectivity index (χ3v) is 6.49. The molecule has 182 valence electrons. The van der Waals surface area contributed by atoms with E-state index in [1.54, 1.807) is 34.4 Å². The molecule has 0 atom stereocenters. The van der Waals surface area contributed by atoms with Gasteiger partial charge in [0.05, 0.1) is 33.7 Å². The highest BCUT2D eigenvalue weighted by Crippen LogP contribution is 2.34. The second kappa shape index (κ2) is 9.10. The largest absolute Gasteiger partial charge is 0.416 e. The van der Waals surface area contributed by atoms with Gasteiger partial charge < -0.3 is 5.73 Å². The number of halogens is 3. The highest BCUT2D eigenvalue weighted by molar-refractivity contribution is 7.22. The van der Waals surface area contributed by atoms with Gasteiger partial charge in [0.25, 0.3) is 5.91 Å². The van der Waals surface area contributed by atoms with Crippen LogP contribution in [0.15, 0.2) is 72.8 Å². The number of nitrogen functional groups attached to an aromatic ring is 1. The van der Waals surface area contributed by atoms with Crippen LogP contribution in [0.2, 0.25) is 0 Å². The fourth-order valence-corrected chi connectivity index (χ4v) is 4.61. The lowest BCUT2D eigenvalue weighted by atomic mass is 10.1. The Labute approximate surface area is 206 Å². The number of hydrogen-bond acceptors (Lipinski definition) is 6. The third-order valence-electron chi connectivity index (χ3n) is 5.64. The van der Waals surface area contributed by atoms with Crippen molar-refractivity contribution >= 4 is 32.6 Å². The number of amides is 1. The number of anilines is 1. The number of nitrogens with one attached hydrogen (secondary N) is 1. The molecule has 4 N–H and O–H groups in total. The van der Waals surface area contributed by atoms with Crippen molar-refractivity contribution in [1.29, 1.82) is 0 Å². The summed E-state index contributed by atoms with van der Waals surface area (Å²) in [5.41, 5.74) is 11.2. The fourth-order valence-electron chi connectivity index (χ4n) is 3.84. The van der Waals surface area contributed by atoms with Crippen molar-refractivity contribution in [2.75, 3.05) is 5.73 Å². The Balaban J connectivity index is 1.55. The number of thiazole rings is 1. The van der Waals surface area contributed by atoms with Crippen molar-refractivity contribution in [1.82, 2.24) is 20.2 Å². The first-order valence-electron chi connectivity index (χ1n) is 10.7. The van der Waals surface area contributed by atoms with Gasteiger partial charge in [-0.3, -0.25) is 14.7 Å². The van der Waals surface area contributed by atoms with Gasteiger partial charge in [-0.05, 0) is 53.6 Å². The SMILES string of the molecule is Nc1nc2ccc(-c3cc(-c4ccc(C(F)(F)F)cc4)n(Cc4ccc(C(=O)NO)cc4)n3)cc2s1. The molecule has 0 radical (unpaired) electrons. The highest BCUT2D eigenvalue weighted by atomic mass is 32.1. The minimum Gasteiger partial charge on any atom is -0.375 e. The molecule has 0 spiro atoms. The second-order valence-corrected chi connectivity index (χ2v) is 9.08. The van der Waals surface area contributed by atoms with Gasteiger partial charge in [-0.15, -0.1) is 0 Å². The molecule has 2 aromatic heterocycles. The van der Waals surface area contributed by atoms with Gasteiger partial charge in [0.2, 0.25) is 0 Å². The number of aromatic nitrogens is 3. The number of rotatable bonds is 5. The van der Waals surface area contributed by atoms with Gasteiger partial charge in [0, 0.05) is 11.1 Å². The lowest BCUT2D eigenvalue weighted by Gasteiger charge is -2.10. The molecule has 7 nitrogen and oxygen atoms in total. The molecule has 0 fully saturated rings. The Bertz CT molecular complexity index is 1560. The Morgan fingerprint density at radius 2 is 1.69 bits per heavy atom. The summed E-state index contributed by atoms with van der Waals surface area (Å²) in [6.45, 7) is 0.299. The van der Waals surface area contributed by atoms with E-state index in [9.17, 15) is 18.0 Å². The van der Waals surface area contributed by atoms with Gasteiger partial charge in [-0.2, -0.15) is 18.3 Å². The van der Waals surface area contributed by atoms with Crippen LogP contribution in [0, 0.1) is 0 Å². The van der Waals surface area contributed by atoms with E-state index in [4.69, 9.17) is 16.0 Å². The van der Waals surface area contributed by atoms with Gasteiger partial charge in [0.1, 0.15) is 0 Å². The average Bonchev–Trinajstić information content (AvgIpc) is 3.45. The van der Waals surface area contributed by atoms with Crippen molar-refractivity contribution < 1.29 is 23.2 Å². The lowest BCUT2D eigenvalue weighted by Crippen LogP contribution is -2.18. The highest BCUT2D eigenvalue weighted by Gasteiger charge is 2.30. The van der Waals surface area contributed by atoms with Gasteiger partial charge in [0.15, 0.2) is 5.13 Å². The lowest BCUT2D eigenvalue weighted by molar-refractivity contribution is -0.137. The summed E-state index contributed by atoms with van der Waals surface area (Å²) in [5.74, 6) is -0.632. The second-order valence-electron chi connectivity index (χ2n) is 8.02. The summed E-state index contributed by atoms with van der Waals surface area (Å²) < 4.78 is 41.8. The molecule has 0 unspecified atom stereocenters. The van der Waals surface area contributed by atoms with Gasteiger partial charge >= 0.3 is 6.18 Å². The summed E-state index contributed by atoms with van der Waals surface area (Å²) in [7, 11) is 0. The predicted octanol–water partition coefficient (Wildman–Crippen LogP) is 5.60. The van der Waals surface area contributed by atoms with E-state index in [1.165, 1.54) is 23.5 Å². The van der Waals surface area contributed by atoms with E-state index in [1.807, 2.05) is 24.3 Å². The number of alkyl halides is 3. The van der Waals surface area contributed by atoms with Crippen LogP contribution in [-0.4, -0.2) is 25.9 Å². The molecular weight excluding hydrogens is 491 g/mol. The summed E-state index contributed by atoms with van der Waals surface area (Å²) in [6.07, 6.45) is -4.43. The van der Waals surface area contributed by atoms with Crippen LogP contribution >= 0.6 is 11.3 Å². The maximum Gasteiger partial charge on any atom is 0.416 e. The first kappa shape index (κ1) is 23.5. The molecule has 2 heterocycles. The number of carbonyl (C=O) groups excluding carboxylic acids is 1. The smallest absolute Gasteiger partial charge is 0.375 e. The summed E-state index contributed by atoms with van der Waals surface area (Å²) >= 11 is 1.36. The molecule has 0 saturated heterocycles. The van der Waals surface area contributed by atoms with Crippen molar-refractivity contribution in [3.63, 3.8) is 0 Å². The van der Waals surface area contributed by atoms with Crippen LogP contribution in [0.25, 0.3) is 32.7 Å². The van der Waals surface area contributed by atoms with Crippen LogP contribution in [0.4, 0.5) is 18.3 Å². The molecule has 5 rings (SSSR count). The summed E-state index contributed by atoms with van der Waals surface area (Å²) in [4.78, 5) is 15.9. The van der Waals surface area contributed by atoms with Crippen LogP contribution in [-0.2, 0) is 12.7 Å². The number of hydroxylamine groups is 1. The van der Waals surface area contributed by atoms with Gasteiger partial charge in [-0.25, -0.2) is 10.5 Å². The molecule has 0 aliphatic carbocycles. The predicted molar refractivity (Wildman–Crippen MR) is 130 cm³/mol. The molecule has 0 bridgehead atoms. The zero-order valence-corrected chi connectivity index (χ0v) is 19.3. The quantitative estimate of drug-likeness (QED) is 0.211. The Morgan fingerprint density at radius 3 is 2.36 bits per heavy atom. The molecular formula is C25H18F3N5O2S. The van der Waals surface area contributed by atoms with Crippen molar-refractivity contribution in [3.8, 4) is 22.5 Å². The number of hydrogen-bond donors (Lipinski definition) is 3. The van der Waals surface area contributed by atoms with Crippen LogP contribution in [0.1, 0.15) is 21.5 Å². The fraction of sp³-hybridized carbons (Fsp3) is 0.0800. The van der Waals surface area contributed by atoms with Gasteiger partial charge in [-0.1, -0.05) is 41.7 Å². The van der Waals surface area contributed by atoms with E-state index >= 15 is 0 Å². The molecule has 0 aliphatic heterocycles. The molecule has 3 aromatic carbocycles. The van der Waals surface area contributed by atoms with Crippen LogP contribution in [0.5, 0.6) is 0 Å². The minimum absolute atomic E-state index is 0.280. The summed E-state index contributed by atoms with van der Waals surface area (Å²) in [6, 6.07) is 18.9. The number of nitrogens with zero attached hydrogens (tertiary/aromatic N) is 3. The molecule has 1 amide bonds. The maximum absolute atomic E-state index is 13.1. The van der Waals surface area contributed by atoms with Crippen molar-refractivity contribution in [3.05, 3.63) is 89.5 Å². The van der Waals surface area contributed by atoms with E-state index in [0.717, 1.165) is 33.5 Å². The first-order chi connectivity index (χ1) is 17.2. The number of carbonyl (C=O) groups is 1. The zero-order chi connectivity index (χ0) is 25.4. The normalized spacial score (nSPS) is 11.7. The van der Waals surface area contributed by atoms with E-state index in [-0.39, 0.29) is 5.56 Å². The van der Waals surface area contributed by atoms with E-state index in [2.05, 4.69) is 4.98 Å². The van der Waals surface area contributed by atoms with E-state index < -0.39 is 17.6 Å². The third kappa shape index (κ3) is 4.66. The molecule has 5 aromatic rings. The van der Waals surface area contributed by atoms with E-state index in [0.29, 0.717) is 28.6 Å². The zero-order valence-electron chi connectivity index (χ0n) is 18.5. The topological polar surface area (TPSA) is 106 Å². The minimum atomic E-state index is -4.43. The molecule has 36 heavy (non-hydrogen) atoms. The Morgan fingerprint density at radius 1 is 1.00 bits per heavy atom. The molecule has 0 saturated carbocycles. The van der Waals surface area contributed by atoms with Crippen molar-refractivity contribution in [2.24, 2.45) is 0 Å². The number of nitrogens with two attached hydrogens (primary N) is 1. The molecule has 0 aliphatic rings. The number of fused-ring (bicyclic) bond motifs is 1. The Hall–Kier alpha value is -4.22. The number of benzene rings is 3. The van der Waals surface area contributed by atoms with Crippen LogP contribution in [0.3, 0.4) is 0 Å². The molecule has 11 heteroatoms. The van der Waals surface area contributed by atoms with Crippen molar-refractivity contribution in [2.45, 2.75) is 12.7 Å². The Kier molecular flexibility index (Phi) is 5.94.